The minimum absolute atomic E-state index is 0.0597. The van der Waals surface area contributed by atoms with Crippen molar-refractivity contribution in [3.63, 3.8) is 0 Å². The van der Waals surface area contributed by atoms with Crippen molar-refractivity contribution in [1.29, 1.82) is 0 Å². The van der Waals surface area contributed by atoms with Crippen LogP contribution in [0.3, 0.4) is 0 Å². The lowest BCUT2D eigenvalue weighted by atomic mass is 9.81. The molecule has 0 atom stereocenters. The van der Waals surface area contributed by atoms with E-state index >= 15 is 0 Å². The smallest absolute Gasteiger partial charge is 0.225 e. The molecule has 2 aliphatic rings. The number of morpholine rings is 1. The van der Waals surface area contributed by atoms with E-state index in [1.807, 2.05) is 23.1 Å². The van der Waals surface area contributed by atoms with Crippen LogP contribution in [0.1, 0.15) is 31.2 Å². The zero-order chi connectivity index (χ0) is 17.5. The molecule has 0 unspecified atom stereocenters. The van der Waals surface area contributed by atoms with Crippen molar-refractivity contribution in [2.45, 2.75) is 32.1 Å². The van der Waals surface area contributed by atoms with Gasteiger partial charge in [0, 0.05) is 31.5 Å². The first-order valence-electron chi connectivity index (χ1n) is 9.42. The van der Waals surface area contributed by atoms with Crippen LogP contribution in [-0.2, 0) is 20.7 Å². The van der Waals surface area contributed by atoms with Crippen molar-refractivity contribution < 1.29 is 14.3 Å². The number of nitrogens with zero attached hydrogens (tertiary/aromatic N) is 1. The lowest BCUT2D eigenvalue weighted by molar-refractivity contribution is -0.142. The largest absolute Gasteiger partial charge is 0.378 e. The van der Waals surface area contributed by atoms with Crippen molar-refractivity contribution >= 4 is 11.8 Å². The van der Waals surface area contributed by atoms with Crippen LogP contribution < -0.4 is 5.32 Å². The van der Waals surface area contributed by atoms with Crippen LogP contribution in [0.15, 0.2) is 30.3 Å². The normalized spacial score (nSPS) is 23.9. The summed E-state index contributed by atoms with van der Waals surface area (Å²) >= 11 is 0. The summed E-state index contributed by atoms with van der Waals surface area (Å²) in [4.78, 5) is 26.8. The summed E-state index contributed by atoms with van der Waals surface area (Å²) < 4.78 is 5.31. The van der Waals surface area contributed by atoms with Gasteiger partial charge >= 0.3 is 0 Å². The highest BCUT2D eigenvalue weighted by molar-refractivity contribution is 5.81. The van der Waals surface area contributed by atoms with Gasteiger partial charge in [-0.15, -0.1) is 0 Å². The van der Waals surface area contributed by atoms with Gasteiger partial charge in [-0.2, -0.15) is 0 Å². The fourth-order valence-electron chi connectivity index (χ4n) is 3.76. The molecule has 0 spiro atoms. The van der Waals surface area contributed by atoms with E-state index in [-0.39, 0.29) is 23.7 Å². The lowest BCUT2D eigenvalue weighted by Crippen LogP contribution is -2.45. The minimum Gasteiger partial charge on any atom is -0.378 e. The highest BCUT2D eigenvalue weighted by atomic mass is 16.5. The topological polar surface area (TPSA) is 58.6 Å². The van der Waals surface area contributed by atoms with Gasteiger partial charge in [-0.1, -0.05) is 30.3 Å². The molecular weight excluding hydrogens is 316 g/mol. The molecule has 2 amide bonds. The van der Waals surface area contributed by atoms with Gasteiger partial charge in [-0.3, -0.25) is 9.59 Å². The monoisotopic (exact) mass is 344 g/mol. The van der Waals surface area contributed by atoms with Crippen molar-refractivity contribution in [3.05, 3.63) is 35.9 Å². The summed E-state index contributed by atoms with van der Waals surface area (Å²) in [7, 11) is 0. The van der Waals surface area contributed by atoms with Gasteiger partial charge in [0.05, 0.1) is 13.2 Å². The Labute approximate surface area is 149 Å². The van der Waals surface area contributed by atoms with Gasteiger partial charge in [0.25, 0.3) is 0 Å². The Morgan fingerprint density at radius 1 is 1.00 bits per heavy atom. The van der Waals surface area contributed by atoms with E-state index in [4.69, 9.17) is 4.74 Å². The number of nitrogens with one attached hydrogen (secondary N) is 1. The molecule has 5 heteroatoms. The van der Waals surface area contributed by atoms with Gasteiger partial charge in [0.15, 0.2) is 0 Å². The highest BCUT2D eigenvalue weighted by Crippen LogP contribution is 2.30. The van der Waals surface area contributed by atoms with E-state index in [9.17, 15) is 9.59 Å². The number of ether oxygens (including phenoxy) is 1. The Hall–Kier alpha value is -1.88. The summed E-state index contributed by atoms with van der Waals surface area (Å²) in [6, 6.07) is 10.2. The molecule has 25 heavy (non-hydrogen) atoms. The molecule has 1 saturated heterocycles. The van der Waals surface area contributed by atoms with Crippen molar-refractivity contribution in [2.24, 2.45) is 11.8 Å². The fraction of sp³-hybridized carbons (Fsp3) is 0.600. The molecular formula is C20H28N2O3. The second-order valence-electron chi connectivity index (χ2n) is 7.01. The van der Waals surface area contributed by atoms with Crippen LogP contribution in [0.2, 0.25) is 0 Å². The molecule has 1 aliphatic heterocycles. The second kappa shape index (κ2) is 8.99. The highest BCUT2D eigenvalue weighted by Gasteiger charge is 2.32. The summed E-state index contributed by atoms with van der Waals surface area (Å²) in [5.74, 6) is 0.551. The van der Waals surface area contributed by atoms with Gasteiger partial charge in [0.1, 0.15) is 0 Å². The van der Waals surface area contributed by atoms with Crippen molar-refractivity contribution in [2.75, 3.05) is 32.8 Å². The predicted molar refractivity (Wildman–Crippen MR) is 96.0 cm³/mol. The first-order valence-corrected chi connectivity index (χ1v) is 9.42. The Balaban J connectivity index is 1.37. The van der Waals surface area contributed by atoms with E-state index in [1.54, 1.807) is 0 Å². The van der Waals surface area contributed by atoms with E-state index < -0.39 is 0 Å². The van der Waals surface area contributed by atoms with Crippen molar-refractivity contribution in [1.82, 2.24) is 10.2 Å². The molecule has 3 rings (SSSR count). The molecule has 1 saturated carbocycles. The molecule has 136 valence electrons. The molecule has 5 nitrogen and oxygen atoms in total. The van der Waals surface area contributed by atoms with Crippen LogP contribution in [0.25, 0.3) is 0 Å². The van der Waals surface area contributed by atoms with Gasteiger partial charge in [0.2, 0.25) is 11.8 Å². The molecule has 0 aromatic heterocycles. The molecule has 1 aliphatic carbocycles. The summed E-state index contributed by atoms with van der Waals surface area (Å²) in [6.45, 7) is 3.38. The summed E-state index contributed by atoms with van der Waals surface area (Å²) in [6.07, 6.45) is 4.15. The van der Waals surface area contributed by atoms with Gasteiger partial charge < -0.3 is 15.0 Å². The van der Waals surface area contributed by atoms with E-state index in [2.05, 4.69) is 17.4 Å². The minimum atomic E-state index is 0.0597. The van der Waals surface area contributed by atoms with Crippen LogP contribution in [0.5, 0.6) is 0 Å². The van der Waals surface area contributed by atoms with Crippen LogP contribution in [0, 0.1) is 11.8 Å². The number of hydrogen-bond donors (Lipinski definition) is 1. The average molecular weight is 344 g/mol. The first kappa shape index (κ1) is 17.9. The Bertz CT molecular complexity index is 562. The van der Waals surface area contributed by atoms with Crippen LogP contribution in [0.4, 0.5) is 0 Å². The number of rotatable bonds is 5. The molecule has 1 heterocycles. The molecule has 0 bridgehead atoms. The number of benzene rings is 1. The summed E-state index contributed by atoms with van der Waals surface area (Å²) in [5, 5.41) is 3.06. The molecule has 2 fully saturated rings. The van der Waals surface area contributed by atoms with E-state index in [0.29, 0.717) is 32.8 Å². The van der Waals surface area contributed by atoms with E-state index in [0.717, 1.165) is 32.1 Å². The first-order chi connectivity index (χ1) is 12.2. The van der Waals surface area contributed by atoms with Crippen LogP contribution >= 0.6 is 0 Å². The maximum atomic E-state index is 12.5. The maximum Gasteiger partial charge on any atom is 0.225 e. The zero-order valence-electron chi connectivity index (χ0n) is 14.8. The second-order valence-corrected chi connectivity index (χ2v) is 7.01. The molecule has 1 aromatic rings. The molecule has 0 radical (unpaired) electrons. The zero-order valence-corrected chi connectivity index (χ0v) is 14.8. The predicted octanol–water partition coefficient (Wildman–Crippen LogP) is 2.01. The van der Waals surface area contributed by atoms with Gasteiger partial charge in [-0.05, 0) is 37.7 Å². The third-order valence-corrected chi connectivity index (χ3v) is 5.33. The standard InChI is InChI=1S/C20H28N2O3/c23-19(21-11-10-16-4-2-1-3-5-16)17-6-8-18(9-7-17)20(24)22-12-14-25-15-13-22/h1-5,17-18H,6-15H2,(H,21,23). The van der Waals surface area contributed by atoms with E-state index in [1.165, 1.54) is 5.56 Å². The quantitative estimate of drug-likeness (QED) is 0.889. The SMILES string of the molecule is O=C(NCCc1ccccc1)C1CCC(C(=O)N2CCOCC2)CC1. The van der Waals surface area contributed by atoms with Crippen LogP contribution in [-0.4, -0.2) is 49.6 Å². The average Bonchev–Trinajstić information content (AvgIpc) is 2.69. The number of hydrogen-bond acceptors (Lipinski definition) is 3. The number of carbonyl (C=O) groups is 2. The van der Waals surface area contributed by atoms with Crippen molar-refractivity contribution in [3.8, 4) is 0 Å². The maximum absolute atomic E-state index is 12.5. The third kappa shape index (κ3) is 5.05. The lowest BCUT2D eigenvalue weighted by Gasteiger charge is -2.33. The molecule has 1 aromatic carbocycles. The number of amides is 2. The Morgan fingerprint density at radius 3 is 2.32 bits per heavy atom. The number of carbonyl (C=O) groups excluding carboxylic acids is 2. The third-order valence-electron chi connectivity index (χ3n) is 5.33. The molecule has 1 N–H and O–H groups in total. The fourth-order valence-corrected chi connectivity index (χ4v) is 3.76. The van der Waals surface area contributed by atoms with Gasteiger partial charge in [-0.25, -0.2) is 0 Å². The Kier molecular flexibility index (Phi) is 6.45. The Morgan fingerprint density at radius 2 is 1.64 bits per heavy atom. The summed E-state index contributed by atoms with van der Waals surface area (Å²) in [5.41, 5.74) is 1.24.